The predicted octanol–water partition coefficient (Wildman–Crippen LogP) is 0.659. The zero-order valence-electron chi connectivity index (χ0n) is 12.2. The molecule has 1 heterocycles. The molecule has 3 N–H and O–H groups in total. The van der Waals surface area contributed by atoms with E-state index in [1.54, 1.807) is 6.92 Å². The number of carbonyl (C=O) groups is 1. The fourth-order valence-corrected chi connectivity index (χ4v) is 3.23. The van der Waals surface area contributed by atoms with Gasteiger partial charge in [-0.25, -0.2) is 8.42 Å². The highest BCUT2D eigenvalue weighted by atomic mass is 32.2. The predicted molar refractivity (Wildman–Crippen MR) is 79.7 cm³/mol. The largest absolute Gasteiger partial charge is 0.399 e. The van der Waals surface area contributed by atoms with Gasteiger partial charge in [-0.2, -0.15) is 0 Å². The van der Waals surface area contributed by atoms with Gasteiger partial charge in [0, 0.05) is 30.6 Å². The number of hydrogen-bond acceptors (Lipinski definition) is 5. The number of rotatable bonds is 2. The van der Waals surface area contributed by atoms with Gasteiger partial charge in [-0.05, 0) is 38.0 Å². The second kappa shape index (κ2) is 5.31. The summed E-state index contributed by atoms with van der Waals surface area (Å²) in [6, 6.07) is 4.12. The summed E-state index contributed by atoms with van der Waals surface area (Å²) in [5.41, 5.74) is 5.24. The van der Waals surface area contributed by atoms with Crippen LogP contribution in [0.4, 0.5) is 5.69 Å². The van der Waals surface area contributed by atoms with Crippen molar-refractivity contribution < 1.29 is 18.3 Å². The number of hydrogen-bond donors (Lipinski definition) is 2. The van der Waals surface area contributed by atoms with Gasteiger partial charge in [-0.3, -0.25) is 4.79 Å². The van der Waals surface area contributed by atoms with Crippen molar-refractivity contribution in [1.82, 2.24) is 4.90 Å². The van der Waals surface area contributed by atoms with E-state index in [4.69, 9.17) is 5.73 Å². The van der Waals surface area contributed by atoms with Crippen LogP contribution in [-0.2, 0) is 9.84 Å². The van der Waals surface area contributed by atoms with E-state index in [2.05, 4.69) is 0 Å². The number of likely N-dealkylation sites (tertiary alicyclic amines) is 1. The molecule has 2 rings (SSSR count). The van der Waals surface area contributed by atoms with Crippen molar-refractivity contribution in [3.63, 3.8) is 0 Å². The molecular formula is C14H20N2O4S. The van der Waals surface area contributed by atoms with Crippen molar-refractivity contribution in [3.8, 4) is 0 Å². The van der Waals surface area contributed by atoms with Gasteiger partial charge in [0.2, 0.25) is 0 Å². The van der Waals surface area contributed by atoms with Crippen LogP contribution in [0.15, 0.2) is 23.1 Å². The Hall–Kier alpha value is -1.60. The van der Waals surface area contributed by atoms with Gasteiger partial charge in [-0.1, -0.05) is 0 Å². The number of nitrogen functional groups attached to an aromatic ring is 1. The summed E-state index contributed by atoms with van der Waals surface area (Å²) in [6.45, 7) is 2.46. The molecule has 1 atom stereocenters. The van der Waals surface area contributed by atoms with E-state index in [0.29, 0.717) is 19.4 Å². The topological polar surface area (TPSA) is 101 Å². The van der Waals surface area contributed by atoms with Crippen LogP contribution in [0, 0.1) is 0 Å². The highest BCUT2D eigenvalue weighted by Gasteiger charge is 2.31. The van der Waals surface area contributed by atoms with Crippen molar-refractivity contribution in [2.75, 3.05) is 25.1 Å². The summed E-state index contributed by atoms with van der Waals surface area (Å²) in [6.07, 6.45) is 2.42. The number of amides is 1. The molecule has 1 fully saturated rings. The number of anilines is 1. The molecule has 7 heteroatoms. The Morgan fingerprint density at radius 3 is 2.62 bits per heavy atom. The van der Waals surface area contributed by atoms with Crippen LogP contribution in [0.5, 0.6) is 0 Å². The van der Waals surface area contributed by atoms with Crippen LogP contribution in [-0.4, -0.2) is 49.3 Å². The zero-order chi connectivity index (χ0) is 15.8. The molecule has 0 aliphatic carbocycles. The Morgan fingerprint density at radius 1 is 1.38 bits per heavy atom. The third kappa shape index (κ3) is 3.74. The lowest BCUT2D eigenvalue weighted by Gasteiger charge is -2.36. The van der Waals surface area contributed by atoms with E-state index in [1.807, 2.05) is 0 Å². The molecule has 116 valence electrons. The smallest absolute Gasteiger partial charge is 0.254 e. The molecule has 1 saturated heterocycles. The fraction of sp³-hybridized carbons (Fsp3) is 0.500. The monoisotopic (exact) mass is 312 g/mol. The number of benzene rings is 1. The van der Waals surface area contributed by atoms with Crippen molar-refractivity contribution >= 4 is 21.4 Å². The quantitative estimate of drug-likeness (QED) is 0.781. The van der Waals surface area contributed by atoms with Crippen molar-refractivity contribution in [2.24, 2.45) is 0 Å². The van der Waals surface area contributed by atoms with E-state index in [9.17, 15) is 18.3 Å². The van der Waals surface area contributed by atoms with Gasteiger partial charge in [0.15, 0.2) is 9.84 Å². The molecule has 1 aromatic rings. The van der Waals surface area contributed by atoms with Crippen LogP contribution in [0.2, 0.25) is 0 Å². The van der Waals surface area contributed by atoms with E-state index < -0.39 is 15.4 Å². The molecule has 1 aromatic carbocycles. The molecule has 6 nitrogen and oxygen atoms in total. The summed E-state index contributed by atoms with van der Waals surface area (Å²) in [5.74, 6) is -0.313. The van der Waals surface area contributed by atoms with Crippen molar-refractivity contribution in [3.05, 3.63) is 23.8 Å². The Labute approximate surface area is 124 Å². The SMILES string of the molecule is CC1(O)CCCN(C(=O)c2cc(N)cc(S(C)(=O)=O)c2)C1. The number of nitrogens with zero attached hydrogens (tertiary/aromatic N) is 1. The van der Waals surface area contributed by atoms with Gasteiger partial charge in [0.25, 0.3) is 5.91 Å². The molecule has 0 bridgehead atoms. The van der Waals surface area contributed by atoms with Crippen molar-refractivity contribution in [2.45, 2.75) is 30.3 Å². The summed E-state index contributed by atoms with van der Waals surface area (Å²) in [4.78, 5) is 14.0. The Kier molecular flexibility index (Phi) is 3.99. The number of nitrogens with two attached hydrogens (primary N) is 1. The molecule has 0 saturated carbocycles. The second-order valence-corrected chi connectivity index (χ2v) is 7.91. The molecule has 0 spiro atoms. The van der Waals surface area contributed by atoms with E-state index in [0.717, 1.165) is 6.26 Å². The average molecular weight is 312 g/mol. The molecule has 21 heavy (non-hydrogen) atoms. The minimum absolute atomic E-state index is 0.0228. The standard InChI is InChI=1S/C14H20N2O4S/c1-14(18)4-3-5-16(9-14)13(17)10-6-11(15)8-12(7-10)21(2,19)20/h6-8,18H,3-5,9,15H2,1-2H3. The third-order valence-electron chi connectivity index (χ3n) is 3.57. The second-order valence-electron chi connectivity index (χ2n) is 5.89. The number of piperidine rings is 1. The number of aliphatic hydroxyl groups is 1. The first-order chi connectivity index (χ1) is 9.58. The minimum Gasteiger partial charge on any atom is -0.399 e. The maximum atomic E-state index is 12.5. The first kappa shape index (κ1) is 15.8. The Bertz CT molecular complexity index is 668. The first-order valence-corrected chi connectivity index (χ1v) is 8.60. The van der Waals surface area contributed by atoms with Gasteiger partial charge >= 0.3 is 0 Å². The average Bonchev–Trinajstić information content (AvgIpc) is 2.35. The molecule has 0 aromatic heterocycles. The maximum absolute atomic E-state index is 12.5. The van der Waals surface area contributed by atoms with E-state index >= 15 is 0 Å². The summed E-state index contributed by atoms with van der Waals surface area (Å²) < 4.78 is 23.2. The Morgan fingerprint density at radius 2 is 2.05 bits per heavy atom. The highest BCUT2D eigenvalue weighted by Crippen LogP contribution is 2.24. The molecule has 1 amide bonds. The molecule has 0 radical (unpaired) electrons. The molecule has 1 unspecified atom stereocenters. The van der Waals surface area contributed by atoms with Crippen LogP contribution >= 0.6 is 0 Å². The van der Waals surface area contributed by atoms with Crippen molar-refractivity contribution in [1.29, 1.82) is 0 Å². The lowest BCUT2D eigenvalue weighted by molar-refractivity contribution is -0.0107. The summed E-state index contributed by atoms with van der Waals surface area (Å²) in [5, 5.41) is 10.1. The first-order valence-electron chi connectivity index (χ1n) is 6.71. The lowest BCUT2D eigenvalue weighted by atomic mass is 9.94. The summed E-state index contributed by atoms with van der Waals surface area (Å²) in [7, 11) is -3.44. The number of carbonyl (C=O) groups excluding carboxylic acids is 1. The van der Waals surface area contributed by atoms with Gasteiger partial charge in [0.1, 0.15) is 0 Å². The normalized spacial score (nSPS) is 23.1. The van der Waals surface area contributed by atoms with Crippen LogP contribution in [0.1, 0.15) is 30.1 Å². The minimum atomic E-state index is -3.44. The maximum Gasteiger partial charge on any atom is 0.254 e. The zero-order valence-corrected chi connectivity index (χ0v) is 13.0. The fourth-order valence-electron chi connectivity index (χ4n) is 2.54. The van der Waals surface area contributed by atoms with Crippen LogP contribution in [0.25, 0.3) is 0 Å². The van der Waals surface area contributed by atoms with Crippen LogP contribution < -0.4 is 5.73 Å². The van der Waals surface area contributed by atoms with Crippen LogP contribution in [0.3, 0.4) is 0 Å². The Balaban J connectivity index is 2.33. The molecule has 1 aliphatic heterocycles. The number of sulfone groups is 1. The third-order valence-corrected chi connectivity index (χ3v) is 4.66. The molecule has 1 aliphatic rings. The van der Waals surface area contributed by atoms with Gasteiger partial charge in [0.05, 0.1) is 10.5 Å². The van der Waals surface area contributed by atoms with Gasteiger partial charge < -0.3 is 15.7 Å². The number of β-amino-alcohol motifs (C(OH)–C–C–N with tert-alkyl or cyclic N) is 1. The van der Waals surface area contributed by atoms with E-state index in [1.165, 1.54) is 23.1 Å². The highest BCUT2D eigenvalue weighted by molar-refractivity contribution is 7.90. The molecular weight excluding hydrogens is 292 g/mol. The summed E-state index contributed by atoms with van der Waals surface area (Å²) >= 11 is 0. The van der Waals surface area contributed by atoms with Gasteiger partial charge in [-0.15, -0.1) is 0 Å². The van der Waals surface area contributed by atoms with E-state index in [-0.39, 0.29) is 28.6 Å². The lowest BCUT2D eigenvalue weighted by Crippen LogP contribution is -2.48.